The number of aliphatic hydroxyl groups is 1. The number of aliphatic hydroxyl groups excluding tert-OH is 1. The van der Waals surface area contributed by atoms with Gasteiger partial charge in [0.15, 0.2) is 0 Å². The Bertz CT molecular complexity index is 422. The zero-order valence-corrected chi connectivity index (χ0v) is 10.9. The number of pyridine rings is 1. The normalized spacial score (nSPS) is 11.3. The van der Waals surface area contributed by atoms with Crippen molar-refractivity contribution < 1.29 is 10.0 Å². The van der Waals surface area contributed by atoms with Gasteiger partial charge in [-0.25, -0.2) is 4.98 Å². The van der Waals surface area contributed by atoms with E-state index in [2.05, 4.69) is 10.3 Å². The van der Waals surface area contributed by atoms with Crippen LogP contribution in [0.2, 0.25) is 0 Å². The van der Waals surface area contributed by atoms with Crippen molar-refractivity contribution in [2.75, 3.05) is 11.9 Å². The van der Waals surface area contributed by atoms with Crippen molar-refractivity contribution in [1.82, 2.24) is 4.98 Å². The fourth-order valence-corrected chi connectivity index (χ4v) is 1.81. The van der Waals surface area contributed by atoms with Gasteiger partial charge in [-0.3, -0.25) is 10.1 Å². The number of aromatic nitrogens is 1. The first-order valence-electron chi connectivity index (χ1n) is 5.98. The van der Waals surface area contributed by atoms with Crippen LogP contribution in [0.3, 0.4) is 0 Å². The first-order valence-corrected chi connectivity index (χ1v) is 5.98. The average molecular weight is 253 g/mol. The molecule has 0 saturated carbocycles. The average Bonchev–Trinajstić information content (AvgIpc) is 2.35. The van der Waals surface area contributed by atoms with Crippen LogP contribution < -0.4 is 5.32 Å². The molecule has 0 aromatic carbocycles. The maximum absolute atomic E-state index is 11.1. The van der Waals surface area contributed by atoms with Crippen LogP contribution in [-0.2, 0) is 0 Å². The third kappa shape index (κ3) is 2.76. The van der Waals surface area contributed by atoms with Crippen molar-refractivity contribution in [3.8, 4) is 0 Å². The van der Waals surface area contributed by atoms with Gasteiger partial charge >= 0.3 is 5.69 Å². The maximum atomic E-state index is 11.1. The van der Waals surface area contributed by atoms with Gasteiger partial charge in [0.1, 0.15) is 0 Å². The number of hydrogen-bond acceptors (Lipinski definition) is 5. The lowest BCUT2D eigenvalue weighted by Gasteiger charge is -2.31. The molecule has 0 spiro atoms. The molecule has 18 heavy (non-hydrogen) atoms. The summed E-state index contributed by atoms with van der Waals surface area (Å²) in [5.74, 6) is 0.220. The van der Waals surface area contributed by atoms with Gasteiger partial charge in [-0.15, -0.1) is 0 Å². The standard InChI is InChI=1S/C12H19N3O3/c1-4-12(5-2,8-16)14-11-10(15(17)18)9(3)6-7-13-11/h6-7,16H,4-5,8H2,1-3H3,(H,13,14). The summed E-state index contributed by atoms with van der Waals surface area (Å²) in [5, 5.41) is 23.6. The molecule has 0 fully saturated rings. The van der Waals surface area contributed by atoms with Gasteiger partial charge in [0.05, 0.1) is 17.1 Å². The fourth-order valence-electron chi connectivity index (χ4n) is 1.81. The quantitative estimate of drug-likeness (QED) is 0.599. The van der Waals surface area contributed by atoms with E-state index in [-0.39, 0.29) is 18.1 Å². The van der Waals surface area contributed by atoms with E-state index in [9.17, 15) is 15.2 Å². The molecule has 1 aromatic rings. The molecule has 1 aromatic heterocycles. The molecule has 0 bridgehead atoms. The Kier molecular flexibility index (Phi) is 4.61. The molecule has 0 atom stereocenters. The molecule has 6 nitrogen and oxygen atoms in total. The third-order valence-electron chi connectivity index (χ3n) is 3.35. The highest BCUT2D eigenvalue weighted by molar-refractivity contribution is 5.60. The Morgan fingerprint density at radius 2 is 2.11 bits per heavy atom. The molecule has 0 radical (unpaired) electrons. The third-order valence-corrected chi connectivity index (χ3v) is 3.35. The van der Waals surface area contributed by atoms with Gasteiger partial charge in [0.25, 0.3) is 0 Å². The highest BCUT2D eigenvalue weighted by atomic mass is 16.6. The Morgan fingerprint density at radius 3 is 2.56 bits per heavy atom. The molecular formula is C12H19N3O3. The highest BCUT2D eigenvalue weighted by Crippen LogP contribution is 2.30. The summed E-state index contributed by atoms with van der Waals surface area (Å²) >= 11 is 0. The largest absolute Gasteiger partial charge is 0.394 e. The summed E-state index contributed by atoms with van der Waals surface area (Å²) in [6, 6.07) is 1.60. The molecule has 1 heterocycles. The highest BCUT2D eigenvalue weighted by Gasteiger charge is 2.29. The van der Waals surface area contributed by atoms with Crippen LogP contribution in [0, 0.1) is 17.0 Å². The van der Waals surface area contributed by atoms with Crippen LogP contribution in [0.25, 0.3) is 0 Å². The Labute approximate surface area is 106 Å². The minimum Gasteiger partial charge on any atom is -0.394 e. The van der Waals surface area contributed by atoms with Crippen LogP contribution in [0.5, 0.6) is 0 Å². The van der Waals surface area contributed by atoms with Gasteiger partial charge < -0.3 is 10.4 Å². The van der Waals surface area contributed by atoms with Crippen molar-refractivity contribution in [1.29, 1.82) is 0 Å². The van der Waals surface area contributed by atoms with Crippen molar-refractivity contribution in [2.24, 2.45) is 0 Å². The van der Waals surface area contributed by atoms with E-state index in [1.165, 1.54) is 6.20 Å². The van der Waals surface area contributed by atoms with Crippen LogP contribution >= 0.6 is 0 Å². The minimum absolute atomic E-state index is 0.0303. The van der Waals surface area contributed by atoms with Crippen LogP contribution in [-0.4, -0.2) is 27.2 Å². The van der Waals surface area contributed by atoms with Crippen LogP contribution in [0.15, 0.2) is 12.3 Å². The predicted molar refractivity (Wildman–Crippen MR) is 69.6 cm³/mol. The zero-order valence-electron chi connectivity index (χ0n) is 10.9. The summed E-state index contributed by atoms with van der Waals surface area (Å²) < 4.78 is 0. The molecule has 2 N–H and O–H groups in total. The molecule has 0 aliphatic heterocycles. The second-order valence-electron chi connectivity index (χ2n) is 4.35. The second kappa shape index (κ2) is 5.77. The van der Waals surface area contributed by atoms with E-state index >= 15 is 0 Å². The minimum atomic E-state index is -0.564. The molecular weight excluding hydrogens is 234 g/mol. The lowest BCUT2D eigenvalue weighted by atomic mass is 9.94. The molecule has 6 heteroatoms. The number of nitrogens with one attached hydrogen (secondary N) is 1. The first-order chi connectivity index (χ1) is 8.49. The SMILES string of the molecule is CCC(CC)(CO)Nc1nccc(C)c1[N+](=O)[O-]. The maximum Gasteiger partial charge on any atom is 0.314 e. The summed E-state index contributed by atoms with van der Waals surface area (Å²) in [7, 11) is 0. The number of nitrogens with zero attached hydrogens (tertiary/aromatic N) is 2. The van der Waals surface area contributed by atoms with Crippen LogP contribution in [0.1, 0.15) is 32.3 Å². The number of anilines is 1. The molecule has 0 amide bonds. The molecule has 0 saturated heterocycles. The number of aryl methyl sites for hydroxylation is 1. The van der Waals surface area contributed by atoms with Crippen molar-refractivity contribution in [3.05, 3.63) is 27.9 Å². The molecule has 0 unspecified atom stereocenters. The molecule has 1 rings (SSSR count). The van der Waals surface area contributed by atoms with Crippen molar-refractivity contribution >= 4 is 11.5 Å². The topological polar surface area (TPSA) is 88.3 Å². The van der Waals surface area contributed by atoms with Crippen molar-refractivity contribution in [2.45, 2.75) is 39.2 Å². The molecule has 0 aliphatic carbocycles. The lowest BCUT2D eigenvalue weighted by Crippen LogP contribution is -2.41. The smallest absolute Gasteiger partial charge is 0.314 e. The van der Waals surface area contributed by atoms with E-state index in [1.807, 2.05) is 13.8 Å². The monoisotopic (exact) mass is 253 g/mol. The van der Waals surface area contributed by atoms with Crippen LogP contribution in [0.4, 0.5) is 11.5 Å². The Morgan fingerprint density at radius 1 is 1.50 bits per heavy atom. The summed E-state index contributed by atoms with van der Waals surface area (Å²) in [6.07, 6.45) is 2.84. The van der Waals surface area contributed by atoms with E-state index in [0.29, 0.717) is 18.4 Å². The van der Waals surface area contributed by atoms with Gasteiger partial charge in [-0.05, 0) is 25.8 Å². The summed E-state index contributed by atoms with van der Waals surface area (Å²) in [5.41, 5.74) is -0.0419. The first kappa shape index (κ1) is 14.4. The fraction of sp³-hybridized carbons (Fsp3) is 0.583. The Hall–Kier alpha value is -1.69. The van der Waals surface area contributed by atoms with E-state index in [1.54, 1.807) is 13.0 Å². The molecule has 100 valence electrons. The van der Waals surface area contributed by atoms with Gasteiger partial charge in [0, 0.05) is 11.8 Å². The van der Waals surface area contributed by atoms with Gasteiger partial charge in [0.2, 0.25) is 5.82 Å². The van der Waals surface area contributed by atoms with E-state index in [0.717, 1.165) is 0 Å². The lowest BCUT2D eigenvalue weighted by molar-refractivity contribution is -0.384. The second-order valence-corrected chi connectivity index (χ2v) is 4.35. The summed E-state index contributed by atoms with van der Waals surface area (Å²) in [6.45, 7) is 5.43. The number of nitro groups is 1. The van der Waals surface area contributed by atoms with Gasteiger partial charge in [-0.1, -0.05) is 13.8 Å². The summed E-state index contributed by atoms with van der Waals surface area (Å²) in [4.78, 5) is 14.6. The van der Waals surface area contributed by atoms with Gasteiger partial charge in [-0.2, -0.15) is 0 Å². The van der Waals surface area contributed by atoms with E-state index < -0.39 is 10.5 Å². The zero-order chi connectivity index (χ0) is 13.8. The number of hydrogen-bond donors (Lipinski definition) is 2. The van der Waals surface area contributed by atoms with E-state index in [4.69, 9.17) is 0 Å². The predicted octanol–water partition coefficient (Wildman–Crippen LogP) is 2.26. The Balaban J connectivity index is 3.18. The number of rotatable bonds is 6. The molecule has 0 aliphatic rings. The van der Waals surface area contributed by atoms with Crippen molar-refractivity contribution in [3.63, 3.8) is 0 Å².